The van der Waals surface area contributed by atoms with Gasteiger partial charge in [-0.2, -0.15) is 0 Å². The van der Waals surface area contributed by atoms with Gasteiger partial charge in [-0.15, -0.1) is 0 Å². The van der Waals surface area contributed by atoms with Crippen LogP contribution in [0.2, 0.25) is 0 Å². The highest BCUT2D eigenvalue weighted by molar-refractivity contribution is 5.76. The first-order valence-electron chi connectivity index (χ1n) is 5.43. The first-order chi connectivity index (χ1) is 8.31. The van der Waals surface area contributed by atoms with Gasteiger partial charge in [-0.3, -0.25) is 4.79 Å². The third kappa shape index (κ3) is 4.40. The van der Waals surface area contributed by atoms with Crippen LogP contribution in [0, 0.1) is 0 Å². The van der Waals surface area contributed by atoms with Crippen LogP contribution < -0.4 is 5.32 Å². The summed E-state index contributed by atoms with van der Waals surface area (Å²) in [6.45, 7) is 5.40. The first kappa shape index (κ1) is 14.0. The van der Waals surface area contributed by atoms with E-state index in [0.29, 0.717) is 12.0 Å². The lowest BCUT2D eigenvalue weighted by molar-refractivity contribution is 0.0523. The SMILES string of the molecule is CC(C)(C)OC(=O)NCc1ccc(O)c(C=O)n1. The minimum absolute atomic E-state index is 0.0570. The number of alkyl carbamates (subject to hydrolysis) is 1. The van der Waals surface area contributed by atoms with Crippen molar-refractivity contribution >= 4 is 12.4 Å². The molecule has 0 radical (unpaired) electrons. The van der Waals surface area contributed by atoms with E-state index in [-0.39, 0.29) is 18.0 Å². The number of carbonyl (C=O) groups is 2. The van der Waals surface area contributed by atoms with E-state index >= 15 is 0 Å². The topological polar surface area (TPSA) is 88.5 Å². The summed E-state index contributed by atoms with van der Waals surface area (Å²) in [4.78, 5) is 25.8. The highest BCUT2D eigenvalue weighted by Crippen LogP contribution is 2.12. The Labute approximate surface area is 105 Å². The summed E-state index contributed by atoms with van der Waals surface area (Å²) >= 11 is 0. The van der Waals surface area contributed by atoms with Crippen molar-refractivity contribution in [3.05, 3.63) is 23.5 Å². The van der Waals surface area contributed by atoms with Crippen LogP contribution >= 0.6 is 0 Å². The van der Waals surface area contributed by atoms with Crippen molar-refractivity contribution < 1.29 is 19.4 Å². The Morgan fingerprint density at radius 1 is 1.50 bits per heavy atom. The van der Waals surface area contributed by atoms with Gasteiger partial charge in [-0.25, -0.2) is 9.78 Å². The average molecular weight is 252 g/mol. The van der Waals surface area contributed by atoms with Gasteiger partial charge in [0.25, 0.3) is 0 Å². The molecule has 0 unspecified atom stereocenters. The van der Waals surface area contributed by atoms with Crippen molar-refractivity contribution in [3.63, 3.8) is 0 Å². The van der Waals surface area contributed by atoms with E-state index in [9.17, 15) is 14.7 Å². The molecule has 98 valence electrons. The summed E-state index contributed by atoms with van der Waals surface area (Å²) in [5.74, 6) is -0.189. The number of hydrogen-bond acceptors (Lipinski definition) is 5. The van der Waals surface area contributed by atoms with Crippen molar-refractivity contribution in [2.24, 2.45) is 0 Å². The van der Waals surface area contributed by atoms with Gasteiger partial charge < -0.3 is 15.2 Å². The number of nitrogens with zero attached hydrogens (tertiary/aromatic N) is 1. The maximum atomic E-state index is 11.4. The van der Waals surface area contributed by atoms with Crippen molar-refractivity contribution in [1.82, 2.24) is 10.3 Å². The molecule has 0 saturated carbocycles. The van der Waals surface area contributed by atoms with E-state index in [4.69, 9.17) is 4.74 Å². The van der Waals surface area contributed by atoms with Crippen LogP contribution in [-0.2, 0) is 11.3 Å². The first-order valence-corrected chi connectivity index (χ1v) is 5.43. The molecular weight excluding hydrogens is 236 g/mol. The maximum absolute atomic E-state index is 11.4. The molecule has 0 aromatic carbocycles. The molecule has 0 atom stereocenters. The number of aromatic nitrogens is 1. The smallest absolute Gasteiger partial charge is 0.407 e. The molecule has 2 N–H and O–H groups in total. The average Bonchev–Trinajstić information content (AvgIpc) is 2.25. The fourth-order valence-electron chi connectivity index (χ4n) is 1.17. The molecule has 1 aromatic heterocycles. The van der Waals surface area contributed by atoms with Crippen LogP contribution in [0.5, 0.6) is 5.75 Å². The van der Waals surface area contributed by atoms with Gasteiger partial charge in [0.2, 0.25) is 0 Å². The molecule has 0 aliphatic rings. The van der Waals surface area contributed by atoms with E-state index < -0.39 is 11.7 Å². The van der Waals surface area contributed by atoms with E-state index in [0.717, 1.165) is 0 Å². The predicted molar refractivity (Wildman–Crippen MR) is 64.4 cm³/mol. The fraction of sp³-hybridized carbons (Fsp3) is 0.417. The van der Waals surface area contributed by atoms with Gasteiger partial charge in [0.15, 0.2) is 6.29 Å². The van der Waals surface area contributed by atoms with Gasteiger partial charge in [0.05, 0.1) is 12.2 Å². The minimum Gasteiger partial charge on any atom is -0.506 e. The molecule has 1 amide bonds. The third-order valence-electron chi connectivity index (χ3n) is 1.88. The van der Waals surface area contributed by atoms with E-state index in [1.165, 1.54) is 12.1 Å². The second-order valence-corrected chi connectivity index (χ2v) is 4.68. The molecule has 1 aromatic rings. The summed E-state index contributed by atoms with van der Waals surface area (Å²) < 4.78 is 5.04. The van der Waals surface area contributed by atoms with Gasteiger partial charge in [-0.1, -0.05) is 0 Å². The predicted octanol–water partition coefficient (Wildman–Crippen LogP) is 1.62. The lowest BCUT2D eigenvalue weighted by atomic mass is 10.2. The van der Waals surface area contributed by atoms with E-state index in [1.54, 1.807) is 20.8 Å². The van der Waals surface area contributed by atoms with Gasteiger partial charge in [-0.05, 0) is 32.9 Å². The van der Waals surface area contributed by atoms with Gasteiger partial charge in [0, 0.05) is 0 Å². The highest BCUT2D eigenvalue weighted by atomic mass is 16.6. The van der Waals surface area contributed by atoms with Crippen LogP contribution in [0.3, 0.4) is 0 Å². The second-order valence-electron chi connectivity index (χ2n) is 4.68. The zero-order valence-corrected chi connectivity index (χ0v) is 10.6. The molecule has 6 nitrogen and oxygen atoms in total. The van der Waals surface area contributed by atoms with Crippen molar-refractivity contribution in [3.8, 4) is 5.75 Å². The van der Waals surface area contributed by atoms with Crippen molar-refractivity contribution in [2.75, 3.05) is 0 Å². The zero-order chi connectivity index (χ0) is 13.8. The van der Waals surface area contributed by atoms with Gasteiger partial charge >= 0.3 is 6.09 Å². The Balaban J connectivity index is 2.59. The van der Waals surface area contributed by atoms with Crippen molar-refractivity contribution in [2.45, 2.75) is 32.9 Å². The molecule has 0 fully saturated rings. The Hall–Kier alpha value is -2.11. The molecule has 18 heavy (non-hydrogen) atoms. The summed E-state index contributed by atoms with van der Waals surface area (Å²) in [7, 11) is 0. The quantitative estimate of drug-likeness (QED) is 0.798. The number of amides is 1. The number of nitrogens with one attached hydrogen (secondary N) is 1. The molecule has 1 rings (SSSR count). The Bertz CT molecular complexity index is 452. The number of rotatable bonds is 3. The summed E-state index contributed by atoms with van der Waals surface area (Å²) in [5.41, 5.74) is -0.167. The molecule has 6 heteroatoms. The summed E-state index contributed by atoms with van der Waals surface area (Å²) in [6, 6.07) is 2.86. The molecule has 1 heterocycles. The monoisotopic (exact) mass is 252 g/mol. The molecule has 0 bridgehead atoms. The molecule has 0 spiro atoms. The summed E-state index contributed by atoms with van der Waals surface area (Å²) in [5, 5.41) is 11.8. The number of aldehydes is 1. The van der Waals surface area contributed by atoms with Crippen molar-refractivity contribution in [1.29, 1.82) is 0 Å². The maximum Gasteiger partial charge on any atom is 0.407 e. The number of hydrogen-bond donors (Lipinski definition) is 2. The van der Waals surface area contributed by atoms with Crippen LogP contribution in [0.1, 0.15) is 37.0 Å². The fourth-order valence-corrected chi connectivity index (χ4v) is 1.17. The van der Waals surface area contributed by atoms with Crippen LogP contribution in [0.4, 0.5) is 4.79 Å². The molecule has 0 saturated heterocycles. The largest absolute Gasteiger partial charge is 0.506 e. The lowest BCUT2D eigenvalue weighted by Gasteiger charge is -2.19. The molecule has 0 aliphatic heterocycles. The van der Waals surface area contributed by atoms with Crippen LogP contribution in [0.15, 0.2) is 12.1 Å². The molecular formula is C12H16N2O4. The Morgan fingerprint density at radius 3 is 2.72 bits per heavy atom. The van der Waals surface area contributed by atoms with E-state index in [2.05, 4.69) is 10.3 Å². The minimum atomic E-state index is -0.569. The van der Waals surface area contributed by atoms with Crippen LogP contribution in [-0.4, -0.2) is 28.1 Å². The number of ether oxygens (including phenoxy) is 1. The Kier molecular flexibility index (Phi) is 4.25. The third-order valence-corrected chi connectivity index (χ3v) is 1.88. The number of carbonyl (C=O) groups excluding carboxylic acids is 2. The lowest BCUT2D eigenvalue weighted by Crippen LogP contribution is -2.32. The normalized spacial score (nSPS) is 10.8. The number of aromatic hydroxyl groups is 1. The zero-order valence-electron chi connectivity index (χ0n) is 10.6. The van der Waals surface area contributed by atoms with Crippen LogP contribution in [0.25, 0.3) is 0 Å². The standard InChI is InChI=1S/C12H16N2O4/c1-12(2,3)18-11(17)13-6-8-4-5-10(16)9(7-15)14-8/h4-5,7,16H,6H2,1-3H3,(H,13,17). The number of pyridine rings is 1. The van der Waals surface area contributed by atoms with Gasteiger partial charge in [0.1, 0.15) is 17.0 Å². The highest BCUT2D eigenvalue weighted by Gasteiger charge is 2.15. The Morgan fingerprint density at radius 2 is 2.17 bits per heavy atom. The second kappa shape index (κ2) is 5.48. The summed E-state index contributed by atoms with van der Waals surface area (Å²) in [6.07, 6.45) is -0.114. The molecule has 0 aliphatic carbocycles. The van der Waals surface area contributed by atoms with E-state index in [1.807, 2.05) is 0 Å².